The molecule has 7 aromatic carbocycles. The molecule has 0 N–H and O–H groups in total. The molecule has 0 saturated heterocycles. The molecule has 8 aromatic rings. The second-order valence-corrected chi connectivity index (χ2v) is 14.9. The fourth-order valence-electron chi connectivity index (χ4n) is 9.10. The zero-order valence-electron chi connectivity index (χ0n) is 31.3. The van der Waals surface area contributed by atoms with Crippen LogP contribution in [0.4, 0.5) is 17.1 Å². The predicted octanol–water partition coefficient (Wildman–Crippen LogP) is 15.0. The minimum atomic E-state index is 0.472. The highest BCUT2D eigenvalue weighted by atomic mass is 16.3. The number of para-hydroxylation sites is 2. The van der Waals surface area contributed by atoms with E-state index in [-0.39, 0.29) is 0 Å². The first-order valence-corrected chi connectivity index (χ1v) is 19.9. The Balaban J connectivity index is 1.26. The summed E-state index contributed by atoms with van der Waals surface area (Å²) in [6.07, 6.45) is 6.57. The molecule has 2 heteroatoms. The van der Waals surface area contributed by atoms with Gasteiger partial charge in [0.05, 0.1) is 5.69 Å². The highest BCUT2D eigenvalue weighted by molar-refractivity contribution is 6.14. The van der Waals surface area contributed by atoms with Gasteiger partial charge in [-0.05, 0) is 125 Å². The molecule has 1 fully saturated rings. The van der Waals surface area contributed by atoms with E-state index in [1.807, 2.05) is 0 Å². The van der Waals surface area contributed by atoms with Gasteiger partial charge in [-0.2, -0.15) is 0 Å². The van der Waals surface area contributed by atoms with Gasteiger partial charge in [-0.1, -0.05) is 147 Å². The Morgan fingerprint density at radius 3 is 1.81 bits per heavy atom. The third kappa shape index (κ3) is 6.20. The van der Waals surface area contributed by atoms with Crippen molar-refractivity contribution in [2.45, 2.75) is 64.2 Å². The van der Waals surface area contributed by atoms with Crippen LogP contribution in [-0.2, 0) is 12.8 Å². The molecule has 9 rings (SSSR count). The number of hydrogen-bond acceptors (Lipinski definition) is 2. The number of benzene rings is 7. The van der Waals surface area contributed by atoms with E-state index in [0.29, 0.717) is 11.8 Å². The first-order chi connectivity index (χ1) is 26.7. The molecule has 0 atom stereocenters. The van der Waals surface area contributed by atoms with E-state index in [1.54, 1.807) is 0 Å². The smallest absolute Gasteiger partial charge is 0.159 e. The van der Waals surface area contributed by atoms with E-state index in [1.165, 1.54) is 81.0 Å². The van der Waals surface area contributed by atoms with Gasteiger partial charge in [0.2, 0.25) is 0 Å². The number of anilines is 3. The van der Waals surface area contributed by atoms with Gasteiger partial charge in [0.15, 0.2) is 5.58 Å². The molecule has 1 aliphatic rings. The molecule has 0 radical (unpaired) electrons. The molecule has 54 heavy (non-hydrogen) atoms. The van der Waals surface area contributed by atoms with Gasteiger partial charge in [0.1, 0.15) is 5.58 Å². The summed E-state index contributed by atoms with van der Waals surface area (Å²) < 4.78 is 7.34. The van der Waals surface area contributed by atoms with E-state index >= 15 is 0 Å². The molecule has 1 heterocycles. The molecule has 1 aromatic heterocycles. The van der Waals surface area contributed by atoms with E-state index in [9.17, 15) is 0 Å². The normalized spacial score (nSPS) is 15.8. The SMILES string of the molecule is CCc1ccccc1-c1cc2c(oc3c(C4CCC(c5ccccc5)CC4)cccc32)c(N(c2ccccc2)c2ccc(-c3ccccc3)cc2)c1CC. The van der Waals surface area contributed by atoms with Gasteiger partial charge >= 0.3 is 0 Å². The lowest BCUT2D eigenvalue weighted by atomic mass is 9.76. The number of rotatable bonds is 9. The van der Waals surface area contributed by atoms with E-state index < -0.39 is 0 Å². The number of furan rings is 1. The van der Waals surface area contributed by atoms with Gasteiger partial charge < -0.3 is 9.32 Å². The third-order valence-electron chi connectivity index (χ3n) is 11.8. The first kappa shape index (κ1) is 33.9. The summed E-state index contributed by atoms with van der Waals surface area (Å²) in [6, 6.07) is 59.9. The van der Waals surface area contributed by atoms with E-state index in [2.05, 4.69) is 183 Å². The van der Waals surface area contributed by atoms with Crippen LogP contribution in [0.1, 0.15) is 73.6 Å². The maximum atomic E-state index is 7.34. The standard InChI is InChI=1S/C52H47NO/c1-3-36-17-14-15-24-45(36)48-35-49-47-26-16-25-46(41-29-27-39(28-30-41)37-18-8-5-9-19-37)51(47)54-52(49)50(44(48)4-2)53(42-22-12-7-13-23-42)43-33-31-40(32-34-43)38-20-10-6-11-21-38/h5-26,31-35,39,41H,3-4,27-30H2,1-2H3. The summed E-state index contributed by atoms with van der Waals surface area (Å²) in [7, 11) is 0. The van der Waals surface area contributed by atoms with Crippen LogP contribution in [0.2, 0.25) is 0 Å². The van der Waals surface area contributed by atoms with Gasteiger partial charge in [-0.15, -0.1) is 0 Å². The Kier molecular flexibility index (Phi) is 9.35. The number of hydrogen-bond donors (Lipinski definition) is 0. The fourth-order valence-corrected chi connectivity index (χ4v) is 9.10. The topological polar surface area (TPSA) is 16.4 Å². The summed E-state index contributed by atoms with van der Waals surface area (Å²) in [6.45, 7) is 4.56. The largest absolute Gasteiger partial charge is 0.454 e. The summed E-state index contributed by atoms with van der Waals surface area (Å²) in [5, 5.41) is 2.39. The number of aryl methyl sites for hydroxylation is 1. The van der Waals surface area contributed by atoms with Crippen LogP contribution < -0.4 is 4.90 Å². The van der Waals surface area contributed by atoms with Crippen molar-refractivity contribution in [3.8, 4) is 22.3 Å². The molecule has 0 unspecified atom stereocenters. The maximum absolute atomic E-state index is 7.34. The van der Waals surface area contributed by atoms with Crippen molar-refractivity contribution in [1.29, 1.82) is 0 Å². The molecule has 2 nitrogen and oxygen atoms in total. The van der Waals surface area contributed by atoms with Crippen molar-refractivity contribution in [2.75, 3.05) is 4.90 Å². The molecule has 0 aliphatic heterocycles. The second kappa shape index (κ2) is 14.9. The van der Waals surface area contributed by atoms with Crippen LogP contribution in [0.5, 0.6) is 0 Å². The fraction of sp³-hybridized carbons (Fsp3) is 0.192. The van der Waals surface area contributed by atoms with Crippen molar-refractivity contribution in [2.24, 2.45) is 0 Å². The van der Waals surface area contributed by atoms with Crippen molar-refractivity contribution in [1.82, 2.24) is 0 Å². The van der Waals surface area contributed by atoms with E-state index in [4.69, 9.17) is 4.42 Å². The summed E-state index contributed by atoms with van der Waals surface area (Å²) in [4.78, 5) is 2.45. The van der Waals surface area contributed by atoms with Crippen LogP contribution in [-0.4, -0.2) is 0 Å². The Bertz CT molecular complexity index is 2510. The van der Waals surface area contributed by atoms with Crippen LogP contribution in [0.3, 0.4) is 0 Å². The summed E-state index contributed by atoms with van der Waals surface area (Å²) in [5.41, 5.74) is 15.9. The lowest BCUT2D eigenvalue weighted by molar-refractivity contribution is 0.396. The van der Waals surface area contributed by atoms with Crippen LogP contribution >= 0.6 is 0 Å². The van der Waals surface area contributed by atoms with Crippen LogP contribution in [0.15, 0.2) is 168 Å². The van der Waals surface area contributed by atoms with E-state index in [0.717, 1.165) is 41.1 Å². The highest BCUT2D eigenvalue weighted by Crippen LogP contribution is 2.50. The van der Waals surface area contributed by atoms with Crippen molar-refractivity contribution in [3.63, 3.8) is 0 Å². The van der Waals surface area contributed by atoms with Crippen molar-refractivity contribution < 1.29 is 4.42 Å². The molecule has 0 spiro atoms. The van der Waals surface area contributed by atoms with Gasteiger partial charge in [-0.25, -0.2) is 0 Å². The van der Waals surface area contributed by atoms with Crippen LogP contribution in [0, 0.1) is 0 Å². The summed E-state index contributed by atoms with van der Waals surface area (Å²) >= 11 is 0. The Morgan fingerprint density at radius 2 is 1.11 bits per heavy atom. The quantitative estimate of drug-likeness (QED) is 0.149. The summed E-state index contributed by atoms with van der Waals surface area (Å²) in [5.74, 6) is 1.10. The molecule has 1 saturated carbocycles. The molecule has 0 amide bonds. The molecule has 266 valence electrons. The minimum absolute atomic E-state index is 0.472. The second-order valence-electron chi connectivity index (χ2n) is 14.9. The Hall–Kier alpha value is -5.86. The average Bonchev–Trinajstić information content (AvgIpc) is 3.63. The molecule has 0 bridgehead atoms. The predicted molar refractivity (Wildman–Crippen MR) is 228 cm³/mol. The number of nitrogens with zero attached hydrogens (tertiary/aromatic N) is 1. The highest BCUT2D eigenvalue weighted by Gasteiger charge is 2.29. The minimum Gasteiger partial charge on any atom is -0.454 e. The Labute approximate surface area is 319 Å². The first-order valence-electron chi connectivity index (χ1n) is 19.9. The van der Waals surface area contributed by atoms with Gasteiger partial charge in [0.25, 0.3) is 0 Å². The van der Waals surface area contributed by atoms with Crippen LogP contribution in [0.25, 0.3) is 44.2 Å². The zero-order valence-corrected chi connectivity index (χ0v) is 31.3. The van der Waals surface area contributed by atoms with Gasteiger partial charge in [0, 0.05) is 22.1 Å². The maximum Gasteiger partial charge on any atom is 0.159 e. The Morgan fingerprint density at radius 1 is 0.500 bits per heavy atom. The molecule has 1 aliphatic carbocycles. The molecular weight excluding hydrogens is 655 g/mol. The average molecular weight is 702 g/mol. The lowest BCUT2D eigenvalue weighted by Gasteiger charge is -2.29. The van der Waals surface area contributed by atoms with Crippen molar-refractivity contribution in [3.05, 3.63) is 186 Å². The monoisotopic (exact) mass is 701 g/mol. The lowest BCUT2D eigenvalue weighted by Crippen LogP contribution is -2.13. The molecular formula is C52H47NO. The number of fused-ring (bicyclic) bond motifs is 3. The van der Waals surface area contributed by atoms with Crippen molar-refractivity contribution >= 4 is 39.0 Å². The third-order valence-corrected chi connectivity index (χ3v) is 11.8. The zero-order chi connectivity index (χ0) is 36.4. The van der Waals surface area contributed by atoms with Gasteiger partial charge in [-0.3, -0.25) is 0 Å².